The lowest BCUT2D eigenvalue weighted by Gasteiger charge is -2.28. The minimum absolute atomic E-state index is 0.103. The van der Waals surface area contributed by atoms with Crippen molar-refractivity contribution in [3.05, 3.63) is 98.9 Å². The maximum absolute atomic E-state index is 12.1. The Morgan fingerprint density at radius 3 is 2.22 bits per heavy atom. The van der Waals surface area contributed by atoms with Gasteiger partial charge in [0.25, 0.3) is 5.56 Å². The molecule has 2 aromatic carbocycles. The first-order chi connectivity index (χ1) is 13.1. The van der Waals surface area contributed by atoms with Gasteiger partial charge in [0.1, 0.15) is 5.01 Å². The molecule has 0 aliphatic rings. The first-order valence-electron chi connectivity index (χ1n) is 8.78. The number of benzene rings is 2. The average Bonchev–Trinajstić information content (AvgIpc) is 3.06. The van der Waals surface area contributed by atoms with E-state index in [9.17, 15) is 4.79 Å². The van der Waals surface area contributed by atoms with E-state index in [2.05, 4.69) is 70.6 Å². The fourth-order valence-corrected chi connectivity index (χ4v) is 4.31. The quantitative estimate of drug-likeness (QED) is 0.533. The van der Waals surface area contributed by atoms with Gasteiger partial charge in [-0.25, -0.2) is 4.98 Å². The molecule has 2 aromatic heterocycles. The van der Waals surface area contributed by atoms with Crippen LogP contribution in [0.5, 0.6) is 0 Å². The van der Waals surface area contributed by atoms with Gasteiger partial charge in [-0.15, -0.1) is 0 Å². The lowest BCUT2D eigenvalue weighted by atomic mass is 9.97. The predicted molar refractivity (Wildman–Crippen MR) is 108 cm³/mol. The van der Waals surface area contributed by atoms with Crippen LogP contribution in [-0.2, 0) is 6.54 Å². The van der Waals surface area contributed by atoms with Gasteiger partial charge in [-0.2, -0.15) is 9.61 Å². The van der Waals surface area contributed by atoms with Crippen molar-refractivity contribution < 1.29 is 0 Å². The molecule has 0 aliphatic heterocycles. The molecule has 0 unspecified atom stereocenters. The van der Waals surface area contributed by atoms with Crippen molar-refractivity contribution in [3.63, 3.8) is 0 Å². The summed E-state index contributed by atoms with van der Waals surface area (Å²) in [6.45, 7) is 2.45. The fourth-order valence-electron chi connectivity index (χ4n) is 3.30. The second-order valence-corrected chi connectivity index (χ2v) is 7.61. The van der Waals surface area contributed by atoms with Crippen molar-refractivity contribution >= 4 is 16.3 Å². The van der Waals surface area contributed by atoms with E-state index in [1.165, 1.54) is 33.0 Å². The van der Waals surface area contributed by atoms with Crippen molar-refractivity contribution in [1.82, 2.24) is 19.5 Å². The zero-order chi connectivity index (χ0) is 18.8. The van der Waals surface area contributed by atoms with E-state index in [1.807, 2.05) is 19.1 Å². The van der Waals surface area contributed by atoms with E-state index in [4.69, 9.17) is 0 Å². The standard InChI is InChI=1S/C21H20N4OS/c1-15-13-19(26)25-21(22-15)27-18(23-25)14-24(2)20(16-9-5-3-6-10-16)17-11-7-4-8-12-17/h3-13,20H,14H2,1-2H3. The maximum atomic E-state index is 12.1. The molecule has 0 spiro atoms. The molecule has 0 aliphatic carbocycles. The van der Waals surface area contributed by atoms with Gasteiger partial charge in [0.15, 0.2) is 0 Å². The minimum atomic E-state index is -0.134. The smallest absolute Gasteiger partial charge is 0.275 e. The number of rotatable bonds is 5. The Hall–Kier alpha value is -2.83. The van der Waals surface area contributed by atoms with Gasteiger partial charge in [0.05, 0.1) is 12.6 Å². The molecule has 0 fully saturated rings. The molecule has 0 amide bonds. The van der Waals surface area contributed by atoms with Crippen molar-refractivity contribution in [2.75, 3.05) is 7.05 Å². The summed E-state index contributed by atoms with van der Waals surface area (Å²) in [4.78, 5) is 19.4. The number of hydrogen-bond donors (Lipinski definition) is 0. The van der Waals surface area contributed by atoms with Crippen LogP contribution in [0, 0.1) is 6.92 Å². The molecule has 5 nitrogen and oxygen atoms in total. The van der Waals surface area contributed by atoms with E-state index in [0.717, 1.165) is 10.7 Å². The van der Waals surface area contributed by atoms with Crippen LogP contribution in [0.2, 0.25) is 0 Å². The van der Waals surface area contributed by atoms with Gasteiger partial charge in [0, 0.05) is 11.8 Å². The lowest BCUT2D eigenvalue weighted by molar-refractivity contribution is 0.269. The number of fused-ring (bicyclic) bond motifs is 1. The third kappa shape index (κ3) is 3.67. The molecule has 2 heterocycles. The first-order valence-corrected chi connectivity index (χ1v) is 9.60. The van der Waals surface area contributed by atoms with E-state index in [-0.39, 0.29) is 11.6 Å². The highest BCUT2D eigenvalue weighted by Gasteiger charge is 2.21. The molecule has 136 valence electrons. The Kier molecular flexibility index (Phi) is 4.83. The van der Waals surface area contributed by atoms with Crippen molar-refractivity contribution in [2.45, 2.75) is 19.5 Å². The highest BCUT2D eigenvalue weighted by molar-refractivity contribution is 7.16. The van der Waals surface area contributed by atoms with Gasteiger partial charge < -0.3 is 0 Å². The number of aryl methyl sites for hydroxylation is 1. The van der Waals surface area contributed by atoms with E-state index in [0.29, 0.717) is 11.5 Å². The summed E-state index contributed by atoms with van der Waals surface area (Å²) in [5, 5.41) is 5.35. The third-order valence-corrected chi connectivity index (χ3v) is 5.36. The minimum Gasteiger partial charge on any atom is -0.289 e. The molecule has 6 heteroatoms. The largest absolute Gasteiger partial charge is 0.289 e. The molecule has 0 N–H and O–H groups in total. The van der Waals surface area contributed by atoms with Crippen LogP contribution >= 0.6 is 11.3 Å². The van der Waals surface area contributed by atoms with E-state index in [1.54, 1.807) is 0 Å². The lowest BCUT2D eigenvalue weighted by Crippen LogP contribution is -2.25. The van der Waals surface area contributed by atoms with Crippen LogP contribution in [0.3, 0.4) is 0 Å². The Morgan fingerprint density at radius 1 is 1.04 bits per heavy atom. The summed E-state index contributed by atoms with van der Waals surface area (Å²) in [6, 6.07) is 22.5. The fraction of sp³-hybridized carbons (Fsp3) is 0.190. The Morgan fingerprint density at radius 2 is 1.63 bits per heavy atom. The predicted octanol–water partition coefficient (Wildman–Crippen LogP) is 3.68. The Labute approximate surface area is 161 Å². The monoisotopic (exact) mass is 376 g/mol. The summed E-state index contributed by atoms with van der Waals surface area (Å²) >= 11 is 1.46. The molecule has 4 aromatic rings. The van der Waals surface area contributed by atoms with Gasteiger partial charge >= 0.3 is 0 Å². The van der Waals surface area contributed by atoms with Crippen LogP contribution in [0.4, 0.5) is 0 Å². The highest BCUT2D eigenvalue weighted by atomic mass is 32.1. The van der Waals surface area contributed by atoms with Gasteiger partial charge in [-0.3, -0.25) is 9.69 Å². The summed E-state index contributed by atoms with van der Waals surface area (Å²) < 4.78 is 1.39. The summed E-state index contributed by atoms with van der Waals surface area (Å²) in [7, 11) is 2.08. The zero-order valence-corrected chi connectivity index (χ0v) is 16.1. The van der Waals surface area contributed by atoms with Crippen molar-refractivity contribution in [2.24, 2.45) is 0 Å². The van der Waals surface area contributed by atoms with Gasteiger partial charge in [-0.05, 0) is 25.1 Å². The second-order valence-electron chi connectivity index (χ2n) is 6.56. The summed E-state index contributed by atoms with van der Waals surface area (Å²) in [5.74, 6) is 0. The Balaban J connectivity index is 1.69. The molecule has 0 radical (unpaired) electrons. The van der Waals surface area contributed by atoms with Crippen LogP contribution in [0.1, 0.15) is 27.9 Å². The van der Waals surface area contributed by atoms with E-state index >= 15 is 0 Å². The SMILES string of the molecule is Cc1cc(=O)n2nc(CN(C)C(c3ccccc3)c3ccccc3)sc2n1. The molecule has 0 saturated heterocycles. The maximum Gasteiger partial charge on any atom is 0.275 e. The van der Waals surface area contributed by atoms with Crippen molar-refractivity contribution in [1.29, 1.82) is 0 Å². The molecule has 4 rings (SSSR count). The van der Waals surface area contributed by atoms with Gasteiger partial charge in [0.2, 0.25) is 4.96 Å². The number of nitrogens with zero attached hydrogens (tertiary/aromatic N) is 4. The molecule has 0 saturated carbocycles. The first kappa shape index (κ1) is 17.6. The van der Waals surface area contributed by atoms with Crippen molar-refractivity contribution in [3.8, 4) is 0 Å². The number of aromatic nitrogens is 3. The molecule has 27 heavy (non-hydrogen) atoms. The van der Waals surface area contributed by atoms with Crippen LogP contribution in [0.15, 0.2) is 71.5 Å². The summed E-state index contributed by atoms with van der Waals surface area (Å²) in [5.41, 5.74) is 3.03. The topological polar surface area (TPSA) is 50.5 Å². The van der Waals surface area contributed by atoms with Gasteiger partial charge in [-0.1, -0.05) is 72.0 Å². The van der Waals surface area contributed by atoms with Crippen LogP contribution in [0.25, 0.3) is 4.96 Å². The number of hydrogen-bond acceptors (Lipinski definition) is 5. The molecular formula is C21H20N4OS. The Bertz CT molecular complexity index is 1070. The summed E-state index contributed by atoms with van der Waals surface area (Å²) in [6.07, 6.45) is 0. The molecule has 0 bridgehead atoms. The third-order valence-electron chi connectivity index (χ3n) is 4.47. The highest BCUT2D eigenvalue weighted by Crippen LogP contribution is 2.29. The molecule has 0 atom stereocenters. The average molecular weight is 376 g/mol. The second kappa shape index (κ2) is 7.42. The van der Waals surface area contributed by atoms with Crippen LogP contribution < -0.4 is 5.56 Å². The van der Waals surface area contributed by atoms with E-state index < -0.39 is 0 Å². The van der Waals surface area contributed by atoms with Crippen LogP contribution in [-0.4, -0.2) is 26.5 Å². The normalized spacial score (nSPS) is 11.6. The zero-order valence-electron chi connectivity index (χ0n) is 15.2. The molecular weight excluding hydrogens is 356 g/mol.